The van der Waals surface area contributed by atoms with Crippen molar-refractivity contribution in [3.63, 3.8) is 0 Å². The highest BCUT2D eigenvalue weighted by molar-refractivity contribution is 7.33. The number of aliphatic hydroxyl groups excluding tert-OH is 1. The van der Waals surface area contributed by atoms with Gasteiger partial charge in [-0.05, 0) is 12.1 Å². The van der Waals surface area contributed by atoms with Gasteiger partial charge in [0, 0.05) is 4.57 Å². The maximum Gasteiger partial charge on any atom is 0.750 e. The molecule has 156 valence electrons. The van der Waals surface area contributed by atoms with Crippen LogP contribution in [0.25, 0.3) is 11.2 Å². The van der Waals surface area contributed by atoms with Crippen LogP contribution in [0.15, 0.2) is 41.5 Å². The van der Waals surface area contributed by atoms with E-state index in [0.717, 1.165) is 0 Å². The van der Waals surface area contributed by atoms with E-state index in [9.17, 15) is 18.9 Å². The van der Waals surface area contributed by atoms with E-state index in [-0.39, 0.29) is 17.1 Å². The summed E-state index contributed by atoms with van der Waals surface area (Å²) >= 11 is 0. The third-order valence-electron chi connectivity index (χ3n) is 5.41. The fourth-order valence-electron chi connectivity index (χ4n) is 3.83. The largest absolute Gasteiger partial charge is 0.750 e. The average Bonchev–Trinajstić information content (AvgIpc) is 2.97. The summed E-state index contributed by atoms with van der Waals surface area (Å²) < 4.78 is 43.8. The minimum atomic E-state index is -2.61. The number of aromatic nitrogens is 4. The first kappa shape index (κ1) is 19.1. The highest BCUT2D eigenvalue weighted by atomic mass is 31.1. The normalized spacial score (nSPS) is 30.3. The van der Waals surface area contributed by atoms with E-state index in [1.165, 1.54) is 10.9 Å². The Morgan fingerprint density at radius 2 is 2.17 bits per heavy atom. The van der Waals surface area contributed by atoms with Crippen LogP contribution in [0.2, 0.25) is 0 Å². The van der Waals surface area contributed by atoms with Gasteiger partial charge in [0.2, 0.25) is 5.95 Å². The van der Waals surface area contributed by atoms with Crippen molar-refractivity contribution in [2.24, 2.45) is 5.41 Å². The summed E-state index contributed by atoms with van der Waals surface area (Å²) in [6.07, 6.45) is -3.02. The van der Waals surface area contributed by atoms with Gasteiger partial charge in [-0.1, -0.05) is 18.2 Å². The van der Waals surface area contributed by atoms with Gasteiger partial charge in [-0.25, -0.2) is 9.51 Å². The quantitative estimate of drug-likeness (QED) is 0.481. The van der Waals surface area contributed by atoms with Crippen molar-refractivity contribution in [3.05, 3.63) is 47.0 Å². The monoisotopic (exact) mass is 436 g/mol. The van der Waals surface area contributed by atoms with E-state index in [4.69, 9.17) is 19.5 Å². The summed E-state index contributed by atoms with van der Waals surface area (Å²) in [6.45, 7) is -0.975. The molecule has 4 N–H and O–H groups in total. The van der Waals surface area contributed by atoms with Gasteiger partial charge in [0.15, 0.2) is 29.2 Å². The van der Waals surface area contributed by atoms with Crippen molar-refractivity contribution >= 4 is 25.4 Å². The number of fused-ring (bicyclic) bond motifs is 2. The number of halogens is 1. The Labute approximate surface area is 168 Å². The lowest BCUT2D eigenvalue weighted by Gasteiger charge is -2.23. The number of H-pyrrole nitrogens is 1. The Hall–Kier alpha value is -2.92. The number of nitrogen functional groups attached to an aromatic ring is 1. The first-order chi connectivity index (χ1) is 14.5. The molecule has 2 fully saturated rings. The molecule has 3 heterocycles. The van der Waals surface area contributed by atoms with Gasteiger partial charge in [-0.3, -0.25) is 18.7 Å². The number of hydrogen-bond acceptors (Lipinski definition) is 9. The van der Waals surface area contributed by atoms with Crippen molar-refractivity contribution in [2.75, 3.05) is 12.4 Å². The molecular formula is C17H16FN5O6P+. The first-order valence-electron chi connectivity index (χ1n) is 8.94. The molecule has 1 saturated carbocycles. The van der Waals surface area contributed by atoms with Crippen LogP contribution in [-0.4, -0.2) is 49.6 Å². The smallest absolute Gasteiger partial charge is 0.388 e. The zero-order valence-electron chi connectivity index (χ0n) is 15.2. The lowest BCUT2D eigenvalue weighted by molar-refractivity contribution is -0.0744. The van der Waals surface area contributed by atoms with Gasteiger partial charge in [-0.2, -0.15) is 4.98 Å². The Morgan fingerprint density at radius 1 is 1.40 bits per heavy atom. The van der Waals surface area contributed by atoms with E-state index < -0.39 is 50.4 Å². The maximum absolute atomic E-state index is 14.0. The molecule has 1 aliphatic heterocycles. The molecule has 0 amide bonds. The van der Waals surface area contributed by atoms with Crippen molar-refractivity contribution in [1.29, 1.82) is 0 Å². The summed E-state index contributed by atoms with van der Waals surface area (Å²) in [6, 6.07) is 8.37. The molecule has 5 rings (SSSR count). The fourth-order valence-corrected chi connectivity index (χ4v) is 4.66. The lowest BCUT2D eigenvalue weighted by atomic mass is 10.0. The van der Waals surface area contributed by atoms with Crippen molar-refractivity contribution in [1.82, 2.24) is 19.5 Å². The van der Waals surface area contributed by atoms with Gasteiger partial charge in [0.05, 0.1) is 11.7 Å². The number of aliphatic hydroxyl groups is 1. The number of nitrogens with zero attached hydrogens (tertiary/aromatic N) is 3. The zero-order valence-corrected chi connectivity index (χ0v) is 16.1. The third-order valence-corrected chi connectivity index (χ3v) is 6.17. The van der Waals surface area contributed by atoms with Gasteiger partial charge < -0.3 is 15.6 Å². The molecule has 0 spiro atoms. The van der Waals surface area contributed by atoms with Gasteiger partial charge >= 0.3 is 8.25 Å². The average molecular weight is 436 g/mol. The van der Waals surface area contributed by atoms with Crippen LogP contribution in [-0.2, 0) is 13.8 Å². The second kappa shape index (κ2) is 6.81. The number of rotatable bonds is 6. The number of imidazole rings is 1. The SMILES string of the molecule is Nc1nc2c(ncn2[C@@H]2O[C@@H]3C(O[P+](=O)Oc4ccccc4)[C@]3(CF)[C@H]2O)c(=O)[nH]1. The highest BCUT2D eigenvalue weighted by Crippen LogP contribution is 2.64. The number of benzene rings is 1. The molecule has 6 atom stereocenters. The van der Waals surface area contributed by atoms with Crippen molar-refractivity contribution in [2.45, 2.75) is 24.5 Å². The van der Waals surface area contributed by atoms with Crippen LogP contribution in [0.1, 0.15) is 6.23 Å². The number of nitrogens with two attached hydrogens (primary N) is 1. The van der Waals surface area contributed by atoms with Gasteiger partial charge in [0.1, 0.15) is 18.9 Å². The molecule has 1 aromatic carbocycles. The fraction of sp³-hybridized carbons (Fsp3) is 0.353. The molecule has 2 unspecified atom stereocenters. The minimum Gasteiger partial charge on any atom is -0.388 e. The van der Waals surface area contributed by atoms with Crippen molar-refractivity contribution < 1.29 is 27.8 Å². The Morgan fingerprint density at radius 3 is 2.87 bits per heavy atom. The van der Waals surface area contributed by atoms with Gasteiger partial charge in [-0.15, -0.1) is 4.52 Å². The predicted molar refractivity (Wildman–Crippen MR) is 100 cm³/mol. The van der Waals surface area contributed by atoms with E-state index in [2.05, 4.69) is 15.0 Å². The van der Waals surface area contributed by atoms with Crippen LogP contribution in [0.3, 0.4) is 0 Å². The molecule has 30 heavy (non-hydrogen) atoms. The molecule has 1 aliphatic carbocycles. The zero-order chi connectivity index (χ0) is 21.0. The number of para-hydroxylation sites is 1. The number of nitrogens with one attached hydrogen (secondary N) is 1. The summed E-state index contributed by atoms with van der Waals surface area (Å²) in [5.74, 6) is 0.195. The van der Waals surface area contributed by atoms with Crippen LogP contribution in [0.4, 0.5) is 10.3 Å². The topological polar surface area (TPSA) is 155 Å². The Balaban J connectivity index is 1.36. The third kappa shape index (κ3) is 2.72. The molecule has 0 radical (unpaired) electrons. The summed E-state index contributed by atoms with van der Waals surface area (Å²) in [4.78, 5) is 22.2. The lowest BCUT2D eigenvalue weighted by Crippen LogP contribution is -2.34. The first-order valence-corrected chi connectivity index (χ1v) is 10.0. The maximum atomic E-state index is 14.0. The number of aromatic amines is 1. The molecular weight excluding hydrogens is 420 g/mol. The second-order valence-electron chi connectivity index (χ2n) is 7.07. The molecule has 0 bridgehead atoms. The van der Waals surface area contributed by atoms with Crippen LogP contribution >= 0.6 is 8.25 Å². The van der Waals surface area contributed by atoms with Crippen LogP contribution in [0, 0.1) is 5.41 Å². The molecule has 11 nitrogen and oxygen atoms in total. The molecule has 2 aliphatic rings. The van der Waals surface area contributed by atoms with Gasteiger partial charge in [0.25, 0.3) is 5.56 Å². The summed E-state index contributed by atoms with van der Waals surface area (Å²) in [7, 11) is -2.61. The Bertz CT molecular complexity index is 1190. The second-order valence-corrected chi connectivity index (χ2v) is 7.91. The summed E-state index contributed by atoms with van der Waals surface area (Å²) in [5.41, 5.74) is 3.70. The van der Waals surface area contributed by atoms with Crippen LogP contribution < -0.4 is 15.8 Å². The summed E-state index contributed by atoms with van der Waals surface area (Å²) in [5, 5.41) is 10.8. The van der Waals surface area contributed by atoms with Crippen molar-refractivity contribution in [3.8, 4) is 5.75 Å². The standard InChI is InChI=1S/C17H15FN5O6P/c18-6-17-10(24)15(23-7-20-9-13(23)21-16(19)22-14(9)25)27-11(17)12(17)29-30(26)28-8-4-2-1-3-5-8/h1-5,7,10-12,15,24H,6H2,(H2-,19,21,22,25)/p+1/t10-,11+,12?,15+,17+/m0/s1. The van der Waals surface area contributed by atoms with E-state index in [1.54, 1.807) is 30.3 Å². The Kier molecular flexibility index (Phi) is 4.33. The van der Waals surface area contributed by atoms with E-state index in [1.807, 2.05) is 0 Å². The molecule has 1 saturated heterocycles. The van der Waals surface area contributed by atoms with Crippen LogP contribution in [0.5, 0.6) is 5.75 Å². The molecule has 3 aromatic rings. The highest BCUT2D eigenvalue weighted by Gasteiger charge is 2.81. The number of ether oxygens (including phenoxy) is 1. The number of anilines is 1. The minimum absolute atomic E-state index is 0.00186. The van der Waals surface area contributed by atoms with E-state index >= 15 is 0 Å². The molecule has 2 aromatic heterocycles. The molecule has 13 heteroatoms. The number of alkyl halides is 1. The predicted octanol–water partition coefficient (Wildman–Crippen LogP) is 1.05. The van der Waals surface area contributed by atoms with E-state index in [0.29, 0.717) is 5.75 Å². The number of hydrogen-bond donors (Lipinski definition) is 3.